The number of aryl methyl sites for hydroxylation is 2. The van der Waals surface area contributed by atoms with E-state index < -0.39 is 93.9 Å². The largest absolute Gasteiger partial charge is 0.425 e. The van der Waals surface area contributed by atoms with Crippen LogP contribution in [0.25, 0.3) is 0 Å². The smallest absolute Gasteiger partial charge is 0.420 e. The SMILES string of the molecule is CCC(C(=O)Oc1c(C)cc(C(F)(F)F)cc1C(F)(F)F)C(=O)Oc1c(C(F)(F)F)cc(C)cc1C(F)(F)F. The Morgan fingerprint density at radius 3 is 1.38 bits per heavy atom. The van der Waals surface area contributed by atoms with E-state index in [9.17, 15) is 62.3 Å². The van der Waals surface area contributed by atoms with E-state index in [0.717, 1.165) is 13.8 Å². The summed E-state index contributed by atoms with van der Waals surface area (Å²) in [6.45, 7) is 2.61. The van der Waals surface area contributed by atoms with E-state index in [2.05, 4.69) is 9.47 Å². The zero-order valence-electron chi connectivity index (χ0n) is 19.8. The molecule has 0 saturated heterocycles. The molecule has 0 heterocycles. The van der Waals surface area contributed by atoms with E-state index in [1.807, 2.05) is 0 Å². The third kappa shape index (κ3) is 7.35. The number of hydrogen-bond acceptors (Lipinski definition) is 4. The molecule has 4 nitrogen and oxygen atoms in total. The number of hydrogen-bond donors (Lipinski definition) is 0. The highest BCUT2D eigenvalue weighted by Gasteiger charge is 2.45. The molecule has 2 aromatic rings. The van der Waals surface area contributed by atoms with Gasteiger partial charge in [0.05, 0.1) is 22.3 Å². The molecule has 1 atom stereocenters. The summed E-state index contributed by atoms with van der Waals surface area (Å²) in [6.07, 6.45) is -22.4. The van der Waals surface area contributed by atoms with Gasteiger partial charge in [0.1, 0.15) is 5.75 Å². The highest BCUT2D eigenvalue weighted by molar-refractivity contribution is 5.97. The molecule has 216 valence electrons. The van der Waals surface area contributed by atoms with Crippen molar-refractivity contribution in [2.45, 2.75) is 51.9 Å². The summed E-state index contributed by atoms with van der Waals surface area (Å²) < 4.78 is 169. The van der Waals surface area contributed by atoms with Gasteiger partial charge >= 0.3 is 36.6 Å². The van der Waals surface area contributed by atoms with Crippen LogP contribution in [0.1, 0.15) is 46.7 Å². The molecule has 1 unspecified atom stereocenters. The third-order valence-corrected chi connectivity index (χ3v) is 5.13. The molecule has 16 heteroatoms. The van der Waals surface area contributed by atoms with E-state index in [-0.39, 0.29) is 24.3 Å². The van der Waals surface area contributed by atoms with Crippen LogP contribution in [0.4, 0.5) is 52.7 Å². The molecular formula is C23H16F12O4. The second kappa shape index (κ2) is 10.6. The molecular weight excluding hydrogens is 568 g/mol. The van der Waals surface area contributed by atoms with Crippen molar-refractivity contribution < 1.29 is 71.7 Å². The third-order valence-electron chi connectivity index (χ3n) is 5.13. The first-order chi connectivity index (χ1) is 17.5. The van der Waals surface area contributed by atoms with E-state index in [1.54, 1.807) is 0 Å². The summed E-state index contributed by atoms with van der Waals surface area (Å²) in [5.74, 6) is -9.78. The molecule has 39 heavy (non-hydrogen) atoms. The minimum Gasteiger partial charge on any atom is -0.425 e. The number of rotatable bonds is 5. The number of benzene rings is 2. The van der Waals surface area contributed by atoms with Crippen LogP contribution in [0.15, 0.2) is 24.3 Å². The van der Waals surface area contributed by atoms with Crippen LogP contribution in [0, 0.1) is 19.8 Å². The fourth-order valence-electron chi connectivity index (χ4n) is 3.36. The van der Waals surface area contributed by atoms with Gasteiger partial charge in [0.15, 0.2) is 11.7 Å². The van der Waals surface area contributed by atoms with Gasteiger partial charge < -0.3 is 9.47 Å². The number of halogens is 12. The standard InChI is InChI=1S/C23H16F12O4/c1-4-12(18(36)38-16-10(3)7-11(20(24,25)26)8-15(16)23(33,34)35)19(37)39-17-13(21(27,28)29)5-9(2)6-14(17)22(30,31)32/h5-8,12H,4H2,1-3H3. The van der Waals surface area contributed by atoms with Gasteiger partial charge in [0.25, 0.3) is 0 Å². The number of carbonyl (C=O) groups is 2. The molecule has 0 N–H and O–H groups in total. The van der Waals surface area contributed by atoms with Crippen molar-refractivity contribution in [3.63, 3.8) is 0 Å². The van der Waals surface area contributed by atoms with Crippen molar-refractivity contribution in [2.75, 3.05) is 0 Å². The Bertz CT molecular complexity index is 1220. The van der Waals surface area contributed by atoms with Crippen LogP contribution >= 0.6 is 0 Å². The summed E-state index contributed by atoms with van der Waals surface area (Å²) in [7, 11) is 0. The zero-order chi connectivity index (χ0) is 30.3. The van der Waals surface area contributed by atoms with Crippen LogP contribution in [-0.4, -0.2) is 11.9 Å². The quantitative estimate of drug-likeness (QED) is 0.155. The molecule has 0 aliphatic rings. The summed E-state index contributed by atoms with van der Waals surface area (Å²) in [4.78, 5) is 25.1. The molecule has 0 radical (unpaired) electrons. The highest BCUT2D eigenvalue weighted by Crippen LogP contribution is 2.46. The van der Waals surface area contributed by atoms with Crippen molar-refractivity contribution in [3.8, 4) is 11.5 Å². The summed E-state index contributed by atoms with van der Waals surface area (Å²) in [5, 5.41) is 0. The van der Waals surface area contributed by atoms with Gasteiger partial charge in [-0.2, -0.15) is 52.7 Å². The molecule has 0 amide bonds. The first-order valence-corrected chi connectivity index (χ1v) is 10.5. The van der Waals surface area contributed by atoms with Crippen LogP contribution in [0.2, 0.25) is 0 Å². The Morgan fingerprint density at radius 1 is 0.641 bits per heavy atom. The van der Waals surface area contributed by atoms with E-state index in [1.165, 1.54) is 0 Å². The molecule has 0 saturated carbocycles. The van der Waals surface area contributed by atoms with Gasteiger partial charge in [-0.3, -0.25) is 9.59 Å². The van der Waals surface area contributed by atoms with Crippen molar-refractivity contribution in [1.82, 2.24) is 0 Å². The normalized spacial score (nSPS) is 13.7. The zero-order valence-corrected chi connectivity index (χ0v) is 19.8. The van der Waals surface area contributed by atoms with Crippen LogP contribution in [0.3, 0.4) is 0 Å². The van der Waals surface area contributed by atoms with Crippen LogP contribution < -0.4 is 9.47 Å². The second-order valence-corrected chi connectivity index (χ2v) is 8.15. The Labute approximate surface area is 211 Å². The van der Waals surface area contributed by atoms with Crippen molar-refractivity contribution >= 4 is 11.9 Å². The van der Waals surface area contributed by atoms with Gasteiger partial charge in [-0.1, -0.05) is 6.92 Å². The topological polar surface area (TPSA) is 52.6 Å². The fourth-order valence-corrected chi connectivity index (χ4v) is 3.36. The Balaban J connectivity index is 2.54. The lowest BCUT2D eigenvalue weighted by atomic mass is 10.0. The molecule has 2 rings (SSSR count). The molecule has 0 spiro atoms. The molecule has 2 aromatic carbocycles. The van der Waals surface area contributed by atoms with Gasteiger partial charge in [0.2, 0.25) is 0 Å². The highest BCUT2D eigenvalue weighted by atomic mass is 19.4. The minimum atomic E-state index is -5.50. The first kappa shape index (κ1) is 31.8. The van der Waals surface area contributed by atoms with Gasteiger partial charge in [-0.15, -0.1) is 0 Å². The van der Waals surface area contributed by atoms with Gasteiger partial charge in [-0.05, 0) is 55.7 Å². The molecule has 0 fully saturated rings. The average molecular weight is 584 g/mol. The van der Waals surface area contributed by atoms with Crippen LogP contribution in [0.5, 0.6) is 11.5 Å². The maximum absolute atomic E-state index is 13.5. The molecule has 0 bridgehead atoms. The van der Waals surface area contributed by atoms with Crippen molar-refractivity contribution in [3.05, 3.63) is 57.6 Å². The van der Waals surface area contributed by atoms with E-state index in [4.69, 9.17) is 0 Å². The number of esters is 2. The lowest BCUT2D eigenvalue weighted by Gasteiger charge is -2.22. The first-order valence-electron chi connectivity index (χ1n) is 10.5. The van der Waals surface area contributed by atoms with Crippen molar-refractivity contribution in [1.29, 1.82) is 0 Å². The Morgan fingerprint density at radius 2 is 1.03 bits per heavy atom. The van der Waals surface area contributed by atoms with E-state index >= 15 is 0 Å². The summed E-state index contributed by atoms with van der Waals surface area (Å²) in [6, 6.07) is 0.303. The molecule has 0 aliphatic carbocycles. The Kier molecular flexibility index (Phi) is 8.63. The van der Waals surface area contributed by atoms with Crippen LogP contribution in [-0.2, 0) is 34.3 Å². The second-order valence-electron chi connectivity index (χ2n) is 8.15. The van der Waals surface area contributed by atoms with Crippen molar-refractivity contribution in [2.24, 2.45) is 5.92 Å². The van der Waals surface area contributed by atoms with E-state index in [0.29, 0.717) is 6.92 Å². The summed E-state index contributed by atoms with van der Waals surface area (Å²) in [5.41, 5.74) is -9.24. The lowest BCUT2D eigenvalue weighted by Crippen LogP contribution is -2.33. The van der Waals surface area contributed by atoms with Gasteiger partial charge in [0, 0.05) is 0 Å². The fraction of sp³-hybridized carbons (Fsp3) is 0.391. The number of carbonyl (C=O) groups excluding carboxylic acids is 2. The minimum absolute atomic E-state index is 0.203. The predicted molar refractivity (Wildman–Crippen MR) is 107 cm³/mol. The number of alkyl halides is 12. The maximum atomic E-state index is 13.5. The predicted octanol–water partition coefficient (Wildman–Crippen LogP) is 7.92. The Hall–Kier alpha value is -3.46. The lowest BCUT2D eigenvalue weighted by molar-refractivity contribution is -0.155. The average Bonchev–Trinajstić information content (AvgIpc) is 2.73. The van der Waals surface area contributed by atoms with Gasteiger partial charge in [-0.25, -0.2) is 0 Å². The summed E-state index contributed by atoms with van der Waals surface area (Å²) >= 11 is 0. The number of ether oxygens (including phenoxy) is 2. The molecule has 0 aromatic heterocycles. The molecule has 0 aliphatic heterocycles. The monoisotopic (exact) mass is 584 g/mol. The maximum Gasteiger partial charge on any atom is 0.420 e.